The van der Waals surface area contributed by atoms with E-state index in [4.69, 9.17) is 0 Å². The second kappa shape index (κ2) is 5.77. The molecular weight excluding hydrogens is 304 g/mol. The fourth-order valence-electron chi connectivity index (χ4n) is 1.98. The minimum absolute atomic E-state index is 0.212. The molecule has 0 aliphatic carbocycles. The van der Waals surface area contributed by atoms with Crippen molar-refractivity contribution in [3.05, 3.63) is 52.5 Å². The Morgan fingerprint density at radius 1 is 1.26 bits per heavy atom. The van der Waals surface area contributed by atoms with Crippen molar-refractivity contribution in [2.24, 2.45) is 0 Å². The molecule has 2 aromatic carbocycles. The Bertz CT molecular complexity index is 634. The topological polar surface area (TPSA) is 47.3 Å². The molecule has 0 fully saturated rings. The van der Waals surface area contributed by atoms with Gasteiger partial charge in [-0.25, -0.2) is 0 Å². The van der Waals surface area contributed by atoms with Crippen LogP contribution < -0.4 is 4.90 Å². The first-order valence-electron chi connectivity index (χ1n) is 5.92. The molecule has 0 bridgehead atoms. The molecule has 2 aromatic rings. The summed E-state index contributed by atoms with van der Waals surface area (Å²) >= 11 is 3.42. The second-order valence-electron chi connectivity index (χ2n) is 4.04. The molecule has 0 aliphatic rings. The van der Waals surface area contributed by atoms with Crippen LogP contribution in [-0.2, 0) is 0 Å². The smallest absolute Gasteiger partial charge is 0.117 e. The van der Waals surface area contributed by atoms with Crippen LogP contribution in [0.5, 0.6) is 5.75 Å². The lowest BCUT2D eigenvalue weighted by molar-refractivity contribution is 0.475. The van der Waals surface area contributed by atoms with E-state index in [1.54, 1.807) is 24.3 Å². The lowest BCUT2D eigenvalue weighted by Crippen LogP contribution is -2.17. The summed E-state index contributed by atoms with van der Waals surface area (Å²) in [6.45, 7) is 2.71. The van der Waals surface area contributed by atoms with Crippen LogP contribution in [0.1, 0.15) is 12.5 Å². The number of phenols is 1. The van der Waals surface area contributed by atoms with Gasteiger partial charge in [0.2, 0.25) is 0 Å². The average Bonchev–Trinajstić information content (AvgIpc) is 2.40. The summed E-state index contributed by atoms with van der Waals surface area (Å²) in [6, 6.07) is 14.7. The zero-order valence-electron chi connectivity index (χ0n) is 10.5. The highest BCUT2D eigenvalue weighted by molar-refractivity contribution is 9.10. The molecule has 0 saturated carbocycles. The molecule has 0 saturated heterocycles. The molecule has 0 spiro atoms. The lowest BCUT2D eigenvalue weighted by Gasteiger charge is -2.24. The molecule has 0 radical (unpaired) electrons. The van der Waals surface area contributed by atoms with Crippen LogP contribution in [0, 0.1) is 11.3 Å². The molecule has 1 N–H and O–H groups in total. The molecule has 4 heteroatoms. The summed E-state index contributed by atoms with van der Waals surface area (Å²) in [5, 5.41) is 18.8. The van der Waals surface area contributed by atoms with Gasteiger partial charge in [0.05, 0.1) is 11.3 Å². The van der Waals surface area contributed by atoms with Crippen molar-refractivity contribution in [3.8, 4) is 11.8 Å². The van der Waals surface area contributed by atoms with E-state index < -0.39 is 0 Å². The van der Waals surface area contributed by atoms with Gasteiger partial charge < -0.3 is 10.0 Å². The molecule has 2 rings (SSSR count). The van der Waals surface area contributed by atoms with Crippen LogP contribution in [0.4, 0.5) is 11.4 Å². The van der Waals surface area contributed by atoms with Gasteiger partial charge in [-0.1, -0.05) is 22.0 Å². The minimum atomic E-state index is 0.212. The van der Waals surface area contributed by atoms with Crippen molar-refractivity contribution >= 4 is 27.3 Å². The van der Waals surface area contributed by atoms with Crippen molar-refractivity contribution in [2.75, 3.05) is 11.4 Å². The zero-order valence-corrected chi connectivity index (χ0v) is 12.1. The second-order valence-corrected chi connectivity index (χ2v) is 4.95. The number of nitrogens with zero attached hydrogens (tertiary/aromatic N) is 2. The fraction of sp³-hybridized carbons (Fsp3) is 0.133. The van der Waals surface area contributed by atoms with E-state index in [-0.39, 0.29) is 5.75 Å². The van der Waals surface area contributed by atoms with Crippen LogP contribution in [0.2, 0.25) is 0 Å². The fourth-order valence-corrected chi connectivity index (χ4v) is 2.32. The Hall–Kier alpha value is -1.99. The summed E-state index contributed by atoms with van der Waals surface area (Å²) in [6.07, 6.45) is 0. The van der Waals surface area contributed by atoms with Crippen LogP contribution in [0.15, 0.2) is 46.9 Å². The van der Waals surface area contributed by atoms with Gasteiger partial charge >= 0.3 is 0 Å². The number of anilines is 2. The van der Waals surface area contributed by atoms with Gasteiger partial charge in [-0.2, -0.15) is 5.26 Å². The number of rotatable bonds is 3. The van der Waals surface area contributed by atoms with Crippen LogP contribution in [0.25, 0.3) is 0 Å². The van der Waals surface area contributed by atoms with E-state index in [1.807, 2.05) is 30.0 Å². The molecule has 0 atom stereocenters. The predicted octanol–water partition coefficient (Wildman–Crippen LogP) is 4.18. The summed E-state index contributed by atoms with van der Waals surface area (Å²) in [4.78, 5) is 1.99. The number of hydrogen-bond donors (Lipinski definition) is 1. The minimum Gasteiger partial charge on any atom is -0.508 e. The molecule has 0 amide bonds. The van der Waals surface area contributed by atoms with E-state index in [1.165, 1.54) is 0 Å². The molecule has 19 heavy (non-hydrogen) atoms. The number of nitriles is 1. The van der Waals surface area contributed by atoms with Gasteiger partial charge in [-0.3, -0.25) is 0 Å². The quantitative estimate of drug-likeness (QED) is 0.923. The van der Waals surface area contributed by atoms with E-state index >= 15 is 0 Å². The lowest BCUT2D eigenvalue weighted by atomic mass is 10.1. The van der Waals surface area contributed by atoms with Crippen molar-refractivity contribution in [2.45, 2.75) is 6.92 Å². The molecule has 0 aromatic heterocycles. The Balaban J connectivity index is 2.54. The maximum Gasteiger partial charge on any atom is 0.117 e. The first kappa shape index (κ1) is 13.4. The highest BCUT2D eigenvalue weighted by Gasteiger charge is 2.12. The van der Waals surface area contributed by atoms with Crippen molar-refractivity contribution in [1.29, 1.82) is 5.26 Å². The van der Waals surface area contributed by atoms with Crippen molar-refractivity contribution < 1.29 is 5.11 Å². The number of aromatic hydroxyl groups is 1. The first-order chi connectivity index (χ1) is 9.15. The molecular formula is C15H13BrN2O. The summed E-state index contributed by atoms with van der Waals surface area (Å²) in [5.41, 5.74) is 2.29. The Labute approximate surface area is 120 Å². The van der Waals surface area contributed by atoms with E-state index in [0.29, 0.717) is 12.1 Å². The summed E-state index contributed by atoms with van der Waals surface area (Å²) < 4.78 is 0.917. The standard InChI is InChI=1S/C15H13BrN2O/c1-2-18(13-4-3-5-14(19)9-13)15-8-12(16)7-6-11(15)10-17/h3-9,19H,2H2,1H3. The van der Waals surface area contributed by atoms with Gasteiger partial charge in [0, 0.05) is 22.8 Å². The van der Waals surface area contributed by atoms with Gasteiger partial charge in [0.15, 0.2) is 0 Å². The van der Waals surface area contributed by atoms with Crippen molar-refractivity contribution in [3.63, 3.8) is 0 Å². The maximum atomic E-state index is 9.58. The molecule has 0 aliphatic heterocycles. The normalized spacial score (nSPS) is 9.95. The van der Waals surface area contributed by atoms with Gasteiger partial charge in [0.25, 0.3) is 0 Å². The number of benzene rings is 2. The zero-order chi connectivity index (χ0) is 13.8. The molecule has 3 nitrogen and oxygen atoms in total. The van der Waals surface area contributed by atoms with Gasteiger partial charge in [-0.15, -0.1) is 0 Å². The summed E-state index contributed by atoms with van der Waals surface area (Å²) in [5.74, 6) is 0.212. The maximum absolute atomic E-state index is 9.58. The third-order valence-corrected chi connectivity index (χ3v) is 3.32. The highest BCUT2D eigenvalue weighted by Crippen LogP contribution is 2.32. The molecule has 0 heterocycles. The Morgan fingerprint density at radius 2 is 2.05 bits per heavy atom. The largest absolute Gasteiger partial charge is 0.508 e. The summed E-state index contributed by atoms with van der Waals surface area (Å²) in [7, 11) is 0. The first-order valence-corrected chi connectivity index (χ1v) is 6.71. The van der Waals surface area contributed by atoms with Crippen LogP contribution in [-0.4, -0.2) is 11.7 Å². The number of hydrogen-bond acceptors (Lipinski definition) is 3. The Morgan fingerprint density at radius 3 is 2.68 bits per heavy atom. The van der Waals surface area contributed by atoms with E-state index in [2.05, 4.69) is 22.0 Å². The van der Waals surface area contributed by atoms with Crippen LogP contribution >= 0.6 is 15.9 Å². The Kier molecular flexibility index (Phi) is 4.08. The number of halogens is 1. The average molecular weight is 317 g/mol. The molecule has 0 unspecified atom stereocenters. The van der Waals surface area contributed by atoms with E-state index in [9.17, 15) is 10.4 Å². The monoisotopic (exact) mass is 316 g/mol. The van der Waals surface area contributed by atoms with Gasteiger partial charge in [0.1, 0.15) is 11.8 Å². The number of phenolic OH excluding ortho intramolecular Hbond substituents is 1. The van der Waals surface area contributed by atoms with E-state index in [0.717, 1.165) is 15.8 Å². The third kappa shape index (κ3) is 2.88. The third-order valence-electron chi connectivity index (χ3n) is 2.83. The van der Waals surface area contributed by atoms with Gasteiger partial charge in [-0.05, 0) is 37.3 Å². The van der Waals surface area contributed by atoms with Crippen molar-refractivity contribution in [1.82, 2.24) is 0 Å². The SMILES string of the molecule is CCN(c1cccc(O)c1)c1cc(Br)ccc1C#N. The molecule has 96 valence electrons. The van der Waals surface area contributed by atoms with Crippen LogP contribution in [0.3, 0.4) is 0 Å². The predicted molar refractivity (Wildman–Crippen MR) is 79.6 cm³/mol. The highest BCUT2D eigenvalue weighted by atomic mass is 79.9.